The van der Waals surface area contributed by atoms with Gasteiger partial charge >= 0.3 is 0 Å². The van der Waals surface area contributed by atoms with Crippen molar-refractivity contribution >= 4 is 51.7 Å². The number of non-ortho nitro benzene ring substituents is 1. The highest BCUT2D eigenvalue weighted by molar-refractivity contribution is 7.98. The molecule has 5 nitrogen and oxygen atoms in total. The van der Waals surface area contributed by atoms with Gasteiger partial charge in [-0.1, -0.05) is 41.0 Å². The average Bonchev–Trinajstić information content (AvgIpc) is 2.90. The standard InChI is InChI=1S/C14H9Cl2N3O2S/c15-10-3-1-8(5-11(10)16)7-22-14-17-12-4-2-9(19(20)21)6-13(12)18-14/h1-6H,7H2,(H,17,18). The van der Waals surface area contributed by atoms with E-state index in [1.165, 1.54) is 23.9 Å². The number of hydrogen-bond donors (Lipinski definition) is 1. The molecule has 112 valence electrons. The Labute approximate surface area is 139 Å². The fourth-order valence-electron chi connectivity index (χ4n) is 1.93. The summed E-state index contributed by atoms with van der Waals surface area (Å²) < 4.78 is 0. The summed E-state index contributed by atoms with van der Waals surface area (Å²) in [4.78, 5) is 17.8. The largest absolute Gasteiger partial charge is 0.333 e. The number of aromatic amines is 1. The van der Waals surface area contributed by atoms with Gasteiger partial charge in [0, 0.05) is 17.9 Å². The van der Waals surface area contributed by atoms with Crippen molar-refractivity contribution < 1.29 is 4.92 Å². The van der Waals surface area contributed by atoms with Gasteiger partial charge in [0.05, 0.1) is 26.0 Å². The number of thioether (sulfide) groups is 1. The van der Waals surface area contributed by atoms with Crippen LogP contribution >= 0.6 is 35.0 Å². The molecule has 1 heterocycles. The van der Waals surface area contributed by atoms with Crippen molar-refractivity contribution in [2.45, 2.75) is 10.9 Å². The Balaban J connectivity index is 1.79. The third-order valence-electron chi connectivity index (χ3n) is 3.02. The number of nitrogens with one attached hydrogen (secondary N) is 1. The van der Waals surface area contributed by atoms with Gasteiger partial charge in [-0.15, -0.1) is 0 Å². The highest BCUT2D eigenvalue weighted by Gasteiger charge is 2.10. The van der Waals surface area contributed by atoms with Gasteiger partial charge < -0.3 is 4.98 Å². The number of H-pyrrole nitrogens is 1. The second kappa shape index (κ2) is 6.16. The molecule has 1 aromatic heterocycles. The van der Waals surface area contributed by atoms with E-state index in [2.05, 4.69) is 9.97 Å². The van der Waals surface area contributed by atoms with E-state index in [0.717, 1.165) is 11.1 Å². The lowest BCUT2D eigenvalue weighted by Crippen LogP contribution is -1.86. The lowest BCUT2D eigenvalue weighted by Gasteiger charge is -2.01. The summed E-state index contributed by atoms with van der Waals surface area (Å²) in [6.45, 7) is 0. The average molecular weight is 354 g/mol. The van der Waals surface area contributed by atoms with Crippen LogP contribution in [0.15, 0.2) is 41.6 Å². The van der Waals surface area contributed by atoms with Gasteiger partial charge in [0.1, 0.15) is 0 Å². The number of halogens is 2. The molecule has 3 rings (SSSR count). The van der Waals surface area contributed by atoms with Crippen LogP contribution in [0.25, 0.3) is 11.0 Å². The number of nitrogens with zero attached hydrogens (tertiary/aromatic N) is 2. The topological polar surface area (TPSA) is 71.8 Å². The second-order valence-electron chi connectivity index (χ2n) is 4.54. The number of aromatic nitrogens is 2. The third kappa shape index (κ3) is 3.19. The number of hydrogen-bond acceptors (Lipinski definition) is 4. The van der Waals surface area contributed by atoms with Crippen LogP contribution in [0.3, 0.4) is 0 Å². The zero-order valence-electron chi connectivity index (χ0n) is 11.0. The number of rotatable bonds is 4. The summed E-state index contributed by atoms with van der Waals surface area (Å²) in [7, 11) is 0. The smallest absolute Gasteiger partial charge is 0.271 e. The van der Waals surface area contributed by atoms with Gasteiger partial charge in [-0.05, 0) is 23.8 Å². The first-order valence-corrected chi connectivity index (χ1v) is 7.98. The van der Waals surface area contributed by atoms with E-state index in [4.69, 9.17) is 23.2 Å². The Hall–Kier alpha value is -1.76. The number of fused-ring (bicyclic) bond motifs is 1. The summed E-state index contributed by atoms with van der Waals surface area (Å²) in [5.41, 5.74) is 2.39. The molecule has 8 heteroatoms. The van der Waals surface area contributed by atoms with Crippen LogP contribution in [0.5, 0.6) is 0 Å². The molecular formula is C14H9Cl2N3O2S. The minimum absolute atomic E-state index is 0.0278. The van der Waals surface area contributed by atoms with E-state index in [1.54, 1.807) is 12.1 Å². The first-order chi connectivity index (χ1) is 10.5. The van der Waals surface area contributed by atoms with E-state index < -0.39 is 4.92 Å². The van der Waals surface area contributed by atoms with Crippen molar-refractivity contribution in [1.82, 2.24) is 9.97 Å². The van der Waals surface area contributed by atoms with Gasteiger partial charge in [0.2, 0.25) is 0 Å². The lowest BCUT2D eigenvalue weighted by atomic mass is 10.2. The summed E-state index contributed by atoms with van der Waals surface area (Å²) in [6.07, 6.45) is 0. The van der Waals surface area contributed by atoms with Gasteiger partial charge in [-0.25, -0.2) is 4.98 Å². The number of benzene rings is 2. The lowest BCUT2D eigenvalue weighted by molar-refractivity contribution is -0.384. The Morgan fingerprint density at radius 3 is 2.73 bits per heavy atom. The predicted octanol–water partition coefficient (Wildman–Crippen LogP) is 5.07. The van der Waals surface area contributed by atoms with Crippen LogP contribution in [0, 0.1) is 10.1 Å². The molecule has 1 N–H and O–H groups in total. The molecule has 3 aromatic rings. The van der Waals surface area contributed by atoms with Crippen LogP contribution < -0.4 is 0 Å². The van der Waals surface area contributed by atoms with Crippen LogP contribution in [0.2, 0.25) is 10.0 Å². The molecule has 0 spiro atoms. The zero-order chi connectivity index (χ0) is 15.7. The molecule has 0 aliphatic carbocycles. The van der Waals surface area contributed by atoms with E-state index in [1.807, 2.05) is 12.1 Å². The number of nitro benzene ring substituents is 1. The molecule has 0 bridgehead atoms. The van der Waals surface area contributed by atoms with Gasteiger partial charge in [-0.2, -0.15) is 0 Å². The monoisotopic (exact) mass is 353 g/mol. The Kier molecular flexibility index (Phi) is 4.24. The van der Waals surface area contributed by atoms with E-state index >= 15 is 0 Å². The van der Waals surface area contributed by atoms with Gasteiger partial charge in [0.15, 0.2) is 5.16 Å². The van der Waals surface area contributed by atoms with Crippen LogP contribution in [-0.2, 0) is 5.75 Å². The quantitative estimate of drug-likeness (QED) is 0.403. The molecule has 0 aliphatic heterocycles. The second-order valence-corrected chi connectivity index (χ2v) is 6.32. The van der Waals surface area contributed by atoms with Crippen molar-refractivity contribution in [3.8, 4) is 0 Å². The molecule has 0 unspecified atom stereocenters. The maximum absolute atomic E-state index is 10.8. The number of nitro groups is 1. The van der Waals surface area contributed by atoms with Crippen LogP contribution in [-0.4, -0.2) is 14.9 Å². The van der Waals surface area contributed by atoms with Gasteiger partial charge in [0.25, 0.3) is 5.69 Å². The fraction of sp³-hybridized carbons (Fsp3) is 0.0714. The molecule has 0 saturated heterocycles. The SMILES string of the molecule is O=[N+]([O-])c1ccc2[nH]c(SCc3ccc(Cl)c(Cl)c3)nc2c1. The molecule has 0 fully saturated rings. The van der Waals surface area contributed by atoms with Crippen molar-refractivity contribution in [2.24, 2.45) is 0 Å². The van der Waals surface area contributed by atoms with E-state index in [-0.39, 0.29) is 5.69 Å². The number of imidazole rings is 1. The molecule has 0 saturated carbocycles. The summed E-state index contributed by atoms with van der Waals surface area (Å²) >= 11 is 13.3. The molecule has 0 amide bonds. The molecule has 0 aliphatic rings. The molecular weight excluding hydrogens is 345 g/mol. The highest BCUT2D eigenvalue weighted by atomic mass is 35.5. The zero-order valence-corrected chi connectivity index (χ0v) is 13.4. The van der Waals surface area contributed by atoms with Crippen LogP contribution in [0.1, 0.15) is 5.56 Å². The van der Waals surface area contributed by atoms with E-state index in [0.29, 0.717) is 26.5 Å². The summed E-state index contributed by atoms with van der Waals surface area (Å²) in [6, 6.07) is 10.0. The Bertz CT molecular complexity index is 866. The minimum atomic E-state index is -0.434. The molecule has 2 aromatic carbocycles. The third-order valence-corrected chi connectivity index (χ3v) is 4.70. The Morgan fingerprint density at radius 1 is 1.18 bits per heavy atom. The maximum Gasteiger partial charge on any atom is 0.271 e. The summed E-state index contributed by atoms with van der Waals surface area (Å²) in [5, 5.41) is 12.5. The van der Waals surface area contributed by atoms with Crippen molar-refractivity contribution in [1.29, 1.82) is 0 Å². The first kappa shape index (κ1) is 15.1. The Morgan fingerprint density at radius 2 is 2.00 bits per heavy atom. The van der Waals surface area contributed by atoms with Crippen molar-refractivity contribution in [3.63, 3.8) is 0 Å². The predicted molar refractivity (Wildman–Crippen MR) is 88.8 cm³/mol. The molecule has 22 heavy (non-hydrogen) atoms. The molecule has 0 atom stereocenters. The van der Waals surface area contributed by atoms with Crippen molar-refractivity contribution in [3.05, 3.63) is 62.1 Å². The normalized spacial score (nSPS) is 11.0. The molecule has 0 radical (unpaired) electrons. The fourth-order valence-corrected chi connectivity index (χ4v) is 3.08. The van der Waals surface area contributed by atoms with E-state index in [9.17, 15) is 10.1 Å². The van der Waals surface area contributed by atoms with Crippen molar-refractivity contribution in [2.75, 3.05) is 0 Å². The summed E-state index contributed by atoms with van der Waals surface area (Å²) in [5.74, 6) is 0.665. The maximum atomic E-state index is 10.8. The van der Waals surface area contributed by atoms with Gasteiger partial charge in [-0.3, -0.25) is 10.1 Å². The highest BCUT2D eigenvalue weighted by Crippen LogP contribution is 2.28. The van der Waals surface area contributed by atoms with Crippen LogP contribution in [0.4, 0.5) is 5.69 Å². The first-order valence-electron chi connectivity index (χ1n) is 6.24. The minimum Gasteiger partial charge on any atom is -0.333 e.